The van der Waals surface area contributed by atoms with Gasteiger partial charge in [0.15, 0.2) is 0 Å². The first-order valence-electron chi connectivity index (χ1n) is 14.7. The van der Waals surface area contributed by atoms with Crippen molar-refractivity contribution in [2.45, 2.75) is 75.3 Å². The molecular weight excluding hydrogens is 562 g/mol. The fourth-order valence-electron chi connectivity index (χ4n) is 5.19. The van der Waals surface area contributed by atoms with Crippen LogP contribution in [-0.4, -0.2) is 87.4 Å². The van der Waals surface area contributed by atoms with Crippen molar-refractivity contribution in [1.29, 1.82) is 0 Å². The number of nitrogens with one attached hydrogen (secondary N) is 1. The second kappa shape index (κ2) is 14.3. The van der Waals surface area contributed by atoms with Crippen LogP contribution in [0.4, 0.5) is 5.69 Å². The number of anilines is 1. The van der Waals surface area contributed by atoms with Gasteiger partial charge < -0.3 is 24.4 Å². The first-order chi connectivity index (χ1) is 19.6. The summed E-state index contributed by atoms with van der Waals surface area (Å²) in [6.45, 7) is 8.53. The van der Waals surface area contributed by atoms with E-state index in [9.17, 15) is 18.3 Å². The number of rotatable bonds is 9. The maximum Gasteiger partial charge on any atom is 0.271 e. The van der Waals surface area contributed by atoms with Gasteiger partial charge in [0, 0.05) is 37.8 Å². The molecule has 1 aromatic heterocycles. The van der Waals surface area contributed by atoms with Gasteiger partial charge >= 0.3 is 0 Å². The van der Waals surface area contributed by atoms with Gasteiger partial charge in [-0.25, -0.2) is 8.42 Å². The Morgan fingerprint density at radius 3 is 2.63 bits per heavy atom. The molecule has 11 heteroatoms. The van der Waals surface area contributed by atoms with E-state index in [1.165, 1.54) is 18.9 Å². The summed E-state index contributed by atoms with van der Waals surface area (Å²) in [5, 5.41) is 11.8. The highest BCUT2D eigenvalue weighted by Crippen LogP contribution is 2.31. The number of ether oxygens (including phenoxy) is 2. The van der Waals surface area contributed by atoms with Crippen LogP contribution in [0.3, 0.4) is 0 Å². The summed E-state index contributed by atoms with van der Waals surface area (Å²) in [4.78, 5) is 18.2. The molecule has 2 N–H and O–H groups in total. The van der Waals surface area contributed by atoms with Gasteiger partial charge in [0.05, 0.1) is 30.4 Å². The Kier molecular flexibility index (Phi) is 11.1. The maximum atomic E-state index is 14.2. The Morgan fingerprint density at radius 2 is 1.95 bits per heavy atom. The number of amides is 1. The van der Waals surface area contributed by atoms with Gasteiger partial charge in [0.1, 0.15) is 9.96 Å². The SMILES string of the molecule is C[C@@H]1CN([C@H](C)CO)C(=O)c2cc(NS(=O)(=O)c3cccs3)ccc2O[C@@H](C)CCCCO[C@H]1CN(C)CC1CC1. The highest BCUT2D eigenvalue weighted by atomic mass is 32.2. The van der Waals surface area contributed by atoms with Crippen LogP contribution in [0.25, 0.3) is 0 Å². The van der Waals surface area contributed by atoms with Crippen LogP contribution in [0.2, 0.25) is 0 Å². The molecule has 1 aliphatic carbocycles. The third-order valence-corrected chi connectivity index (χ3v) is 10.6. The molecule has 1 aliphatic heterocycles. The molecule has 0 radical (unpaired) electrons. The standard InChI is InChI=1S/C30H45N3O6S2/c1-21-17-33(22(2)20-34)30(35)26-16-25(31-41(36,37)29-9-7-15-40-29)12-13-27(26)39-23(3)8-5-6-14-38-28(21)19-32(4)18-24-10-11-24/h7,9,12-13,15-16,21-24,28,31,34H,5-6,8,10-11,14,17-20H2,1-4H3/t21-,22-,23+,28+/m1/s1. The molecule has 1 amide bonds. The van der Waals surface area contributed by atoms with Crippen molar-refractivity contribution in [2.24, 2.45) is 11.8 Å². The Bertz CT molecular complexity index is 1230. The highest BCUT2D eigenvalue weighted by molar-refractivity contribution is 7.94. The van der Waals surface area contributed by atoms with Crippen LogP contribution in [0, 0.1) is 11.8 Å². The number of carbonyl (C=O) groups is 1. The van der Waals surface area contributed by atoms with Crippen molar-refractivity contribution < 1.29 is 27.8 Å². The van der Waals surface area contributed by atoms with Crippen LogP contribution in [-0.2, 0) is 14.8 Å². The Balaban J connectivity index is 1.65. The second-order valence-electron chi connectivity index (χ2n) is 11.7. The van der Waals surface area contributed by atoms with Gasteiger partial charge in [0.25, 0.3) is 15.9 Å². The number of hydrogen-bond acceptors (Lipinski definition) is 8. The van der Waals surface area contributed by atoms with Crippen molar-refractivity contribution in [3.63, 3.8) is 0 Å². The van der Waals surface area contributed by atoms with E-state index in [1.54, 1.807) is 34.5 Å². The minimum Gasteiger partial charge on any atom is -0.490 e. The number of hydrogen-bond donors (Lipinski definition) is 2. The molecule has 9 nitrogen and oxygen atoms in total. The smallest absolute Gasteiger partial charge is 0.271 e. The van der Waals surface area contributed by atoms with Crippen molar-refractivity contribution in [3.8, 4) is 5.75 Å². The van der Waals surface area contributed by atoms with Gasteiger partial charge in [-0.1, -0.05) is 13.0 Å². The predicted octanol–water partition coefficient (Wildman–Crippen LogP) is 4.69. The van der Waals surface area contributed by atoms with E-state index >= 15 is 0 Å². The quantitative estimate of drug-likeness (QED) is 0.426. The number of aliphatic hydroxyl groups is 1. The molecule has 2 aliphatic rings. The van der Waals surface area contributed by atoms with Gasteiger partial charge in [-0.05, 0) is 88.6 Å². The molecule has 0 spiro atoms. The monoisotopic (exact) mass is 607 g/mol. The van der Waals surface area contributed by atoms with Crippen molar-refractivity contribution in [3.05, 3.63) is 41.3 Å². The zero-order chi connectivity index (χ0) is 29.6. The molecule has 0 unspecified atom stereocenters. The third kappa shape index (κ3) is 8.90. The molecule has 1 saturated carbocycles. The van der Waals surface area contributed by atoms with Crippen molar-refractivity contribution >= 4 is 33.0 Å². The molecule has 2 aromatic rings. The lowest BCUT2D eigenvalue weighted by molar-refractivity contribution is -0.0172. The number of sulfonamides is 1. The molecule has 1 fully saturated rings. The highest BCUT2D eigenvalue weighted by Gasteiger charge is 2.31. The van der Waals surface area contributed by atoms with E-state index in [4.69, 9.17) is 9.47 Å². The summed E-state index contributed by atoms with van der Waals surface area (Å²) in [5.74, 6) is 0.852. The predicted molar refractivity (Wildman–Crippen MR) is 162 cm³/mol. The van der Waals surface area contributed by atoms with Gasteiger partial charge in [-0.15, -0.1) is 11.3 Å². The molecule has 41 heavy (non-hydrogen) atoms. The van der Waals surface area contributed by atoms with E-state index in [2.05, 4.69) is 23.6 Å². The molecule has 228 valence electrons. The first kappa shape index (κ1) is 31.7. The lowest BCUT2D eigenvalue weighted by Gasteiger charge is -2.36. The topological polar surface area (TPSA) is 108 Å². The molecule has 4 atom stereocenters. The van der Waals surface area contributed by atoms with Gasteiger partial charge in [-0.2, -0.15) is 0 Å². The van der Waals surface area contributed by atoms with E-state index in [0.29, 0.717) is 18.9 Å². The number of aliphatic hydroxyl groups excluding tert-OH is 1. The zero-order valence-corrected chi connectivity index (χ0v) is 26.3. The molecular formula is C30H45N3O6S2. The molecule has 1 aromatic carbocycles. The fraction of sp³-hybridized carbons (Fsp3) is 0.633. The average molecular weight is 608 g/mol. The summed E-state index contributed by atoms with van der Waals surface area (Å²) in [6, 6.07) is 7.58. The van der Waals surface area contributed by atoms with Gasteiger partial charge in [0.2, 0.25) is 0 Å². The maximum absolute atomic E-state index is 14.2. The molecule has 2 heterocycles. The van der Waals surface area contributed by atoms with Crippen molar-refractivity contribution in [1.82, 2.24) is 9.80 Å². The summed E-state index contributed by atoms with van der Waals surface area (Å²) >= 11 is 1.12. The summed E-state index contributed by atoms with van der Waals surface area (Å²) in [7, 11) is -1.67. The zero-order valence-electron chi connectivity index (χ0n) is 24.6. The minimum atomic E-state index is -3.80. The fourth-order valence-corrected chi connectivity index (χ4v) is 7.24. The summed E-state index contributed by atoms with van der Waals surface area (Å²) in [6.07, 6.45) is 4.98. The minimum absolute atomic E-state index is 0.00125. The van der Waals surface area contributed by atoms with E-state index in [0.717, 1.165) is 49.6 Å². The van der Waals surface area contributed by atoms with E-state index in [1.807, 2.05) is 13.8 Å². The number of thiophene rings is 1. The number of benzene rings is 1. The van der Waals surface area contributed by atoms with Crippen LogP contribution in [0.5, 0.6) is 5.75 Å². The molecule has 0 bridgehead atoms. The van der Waals surface area contributed by atoms with Gasteiger partial charge in [-0.3, -0.25) is 9.52 Å². The number of fused-ring (bicyclic) bond motifs is 1. The average Bonchev–Trinajstić information content (AvgIpc) is 3.55. The normalized spacial score (nSPS) is 23.9. The Morgan fingerprint density at radius 1 is 1.17 bits per heavy atom. The molecule has 0 saturated heterocycles. The second-order valence-corrected chi connectivity index (χ2v) is 14.6. The molecule has 4 rings (SSSR count). The Hall–Kier alpha value is -2.18. The van der Waals surface area contributed by atoms with E-state index in [-0.39, 0.29) is 46.1 Å². The number of likely N-dealkylation sites (N-methyl/N-ethyl adjacent to an activating group) is 1. The first-order valence-corrected chi connectivity index (χ1v) is 17.0. The van der Waals surface area contributed by atoms with Crippen LogP contribution in [0.1, 0.15) is 63.2 Å². The third-order valence-electron chi connectivity index (χ3n) is 7.82. The summed E-state index contributed by atoms with van der Waals surface area (Å²) < 4.78 is 41.3. The largest absolute Gasteiger partial charge is 0.490 e. The lowest BCUT2D eigenvalue weighted by Crippen LogP contribution is -2.47. The van der Waals surface area contributed by atoms with Crippen LogP contribution >= 0.6 is 11.3 Å². The summed E-state index contributed by atoms with van der Waals surface area (Å²) in [5.41, 5.74) is 0.534. The van der Waals surface area contributed by atoms with E-state index < -0.39 is 16.1 Å². The van der Waals surface area contributed by atoms with Crippen LogP contribution in [0.15, 0.2) is 39.9 Å². The lowest BCUT2D eigenvalue weighted by atomic mass is 10.0. The number of nitrogens with zero attached hydrogens (tertiary/aromatic N) is 2. The van der Waals surface area contributed by atoms with Crippen molar-refractivity contribution in [2.75, 3.05) is 44.6 Å². The van der Waals surface area contributed by atoms with Crippen LogP contribution < -0.4 is 9.46 Å². The number of carbonyl (C=O) groups excluding carboxylic acids is 1. The Labute approximate surface area is 248 Å².